The van der Waals surface area contributed by atoms with Crippen molar-refractivity contribution in [2.45, 2.75) is 84.7 Å². The highest BCUT2D eigenvalue weighted by Gasteiger charge is 2.41. The van der Waals surface area contributed by atoms with Crippen LogP contribution >= 0.6 is 0 Å². The molecule has 2 rings (SSSR count). The number of Topliss-reactive ketones (excluding diaryl/α,β-unsaturated/α-hetero) is 1. The zero-order valence-electron chi connectivity index (χ0n) is 20.4. The molecule has 1 aliphatic heterocycles. The van der Waals surface area contributed by atoms with Crippen molar-refractivity contribution in [3.05, 3.63) is 0 Å². The van der Waals surface area contributed by atoms with Crippen LogP contribution in [-0.2, 0) is 14.3 Å². The third kappa shape index (κ3) is 7.67. The van der Waals surface area contributed by atoms with Gasteiger partial charge in [-0.15, -0.1) is 0 Å². The molecule has 0 aromatic rings. The number of nitrogens with two attached hydrogens (primary N) is 1. The maximum atomic E-state index is 13.5. The summed E-state index contributed by atoms with van der Waals surface area (Å²) < 4.78 is 5.00. The number of hydrogen-bond acceptors (Lipinski definition) is 7. The fourth-order valence-electron chi connectivity index (χ4n) is 4.93. The van der Waals surface area contributed by atoms with Crippen molar-refractivity contribution in [1.29, 1.82) is 0 Å². The molecule has 0 aromatic carbocycles. The molecule has 33 heavy (non-hydrogen) atoms. The van der Waals surface area contributed by atoms with Gasteiger partial charge >= 0.3 is 6.09 Å². The maximum absolute atomic E-state index is 13.5. The third-order valence-corrected chi connectivity index (χ3v) is 6.44. The molecule has 10 nitrogen and oxygen atoms in total. The summed E-state index contributed by atoms with van der Waals surface area (Å²) in [6.45, 7) is 8.57. The molecule has 2 fully saturated rings. The number of amidine groups is 1. The highest BCUT2D eigenvalue weighted by atomic mass is 16.5. The summed E-state index contributed by atoms with van der Waals surface area (Å²) in [4.78, 5) is 44.7. The molecule has 2 amide bonds. The summed E-state index contributed by atoms with van der Waals surface area (Å²) in [5, 5.41) is 12.0. The molecule has 188 valence electrons. The van der Waals surface area contributed by atoms with Gasteiger partial charge in [0, 0.05) is 18.4 Å². The SMILES string of the molecule is CCOC(=O)N[C@H](CC(C)(C)C)C(=O)N1CCC[C@H]1C(=O)C1CCC(C(=NCN)NO)CC1. The van der Waals surface area contributed by atoms with E-state index in [1.165, 1.54) is 0 Å². The summed E-state index contributed by atoms with van der Waals surface area (Å²) >= 11 is 0. The number of ketones is 1. The quantitative estimate of drug-likeness (QED) is 0.243. The number of rotatable bonds is 8. The first-order valence-corrected chi connectivity index (χ1v) is 12.0. The first-order valence-electron chi connectivity index (χ1n) is 12.0. The van der Waals surface area contributed by atoms with E-state index in [0.717, 1.165) is 19.3 Å². The van der Waals surface area contributed by atoms with Gasteiger partial charge in [-0.1, -0.05) is 20.8 Å². The number of hydrogen-bond donors (Lipinski definition) is 4. The number of carbonyl (C=O) groups excluding carboxylic acids is 3. The second-order valence-electron chi connectivity index (χ2n) is 10.2. The lowest BCUT2D eigenvalue weighted by molar-refractivity contribution is -0.141. The van der Waals surface area contributed by atoms with Crippen LogP contribution in [0.15, 0.2) is 4.99 Å². The highest BCUT2D eigenvalue weighted by molar-refractivity contribution is 5.94. The first kappa shape index (κ1) is 27.0. The Labute approximate surface area is 196 Å². The van der Waals surface area contributed by atoms with Crippen molar-refractivity contribution >= 4 is 23.6 Å². The largest absolute Gasteiger partial charge is 0.450 e. The number of likely N-dealkylation sites (tertiary alicyclic amines) is 1. The fraction of sp³-hybridized carbons (Fsp3) is 0.826. The van der Waals surface area contributed by atoms with Crippen LogP contribution in [0.2, 0.25) is 0 Å². The van der Waals surface area contributed by atoms with Gasteiger partial charge in [0.05, 0.1) is 19.3 Å². The van der Waals surface area contributed by atoms with Gasteiger partial charge in [-0.2, -0.15) is 0 Å². The predicted octanol–water partition coefficient (Wildman–Crippen LogP) is 2.20. The van der Waals surface area contributed by atoms with Crippen molar-refractivity contribution in [3.63, 3.8) is 0 Å². The topological polar surface area (TPSA) is 146 Å². The van der Waals surface area contributed by atoms with Crippen molar-refractivity contribution in [3.8, 4) is 0 Å². The minimum Gasteiger partial charge on any atom is -0.450 e. The Morgan fingerprint density at radius 2 is 1.79 bits per heavy atom. The number of alkyl carbamates (subject to hydrolysis) is 1. The number of amides is 2. The molecular weight excluding hydrogens is 426 g/mol. The summed E-state index contributed by atoms with van der Waals surface area (Å²) in [7, 11) is 0. The van der Waals surface area contributed by atoms with E-state index >= 15 is 0 Å². The summed E-state index contributed by atoms with van der Waals surface area (Å²) in [6.07, 6.45) is 4.05. The van der Waals surface area contributed by atoms with E-state index in [1.807, 2.05) is 20.8 Å². The highest BCUT2D eigenvalue weighted by Crippen LogP contribution is 2.34. The molecule has 5 N–H and O–H groups in total. The van der Waals surface area contributed by atoms with E-state index in [4.69, 9.17) is 10.5 Å². The van der Waals surface area contributed by atoms with Crippen molar-refractivity contribution in [1.82, 2.24) is 15.7 Å². The van der Waals surface area contributed by atoms with Gasteiger partial charge in [0.15, 0.2) is 5.78 Å². The molecule has 2 aliphatic rings. The smallest absolute Gasteiger partial charge is 0.407 e. The number of aliphatic imine (C=N–C) groups is 1. The van der Waals surface area contributed by atoms with Crippen LogP contribution in [0.3, 0.4) is 0 Å². The Kier molecular flexibility index (Phi) is 10.1. The van der Waals surface area contributed by atoms with Crippen LogP contribution in [-0.4, -0.2) is 65.6 Å². The molecule has 0 aromatic heterocycles. The molecule has 1 saturated heterocycles. The average Bonchev–Trinajstić information content (AvgIpc) is 3.25. The maximum Gasteiger partial charge on any atom is 0.407 e. The summed E-state index contributed by atoms with van der Waals surface area (Å²) in [6, 6.07) is -1.20. The molecule has 1 heterocycles. The van der Waals surface area contributed by atoms with E-state index in [-0.39, 0.29) is 42.2 Å². The molecule has 0 spiro atoms. The molecule has 0 radical (unpaired) electrons. The van der Waals surface area contributed by atoms with Crippen LogP contribution in [0.5, 0.6) is 0 Å². The number of hydroxylamine groups is 1. The molecule has 1 aliphatic carbocycles. The predicted molar refractivity (Wildman–Crippen MR) is 125 cm³/mol. The average molecular weight is 468 g/mol. The van der Waals surface area contributed by atoms with E-state index in [9.17, 15) is 19.6 Å². The van der Waals surface area contributed by atoms with Gasteiger partial charge in [-0.25, -0.2) is 4.79 Å². The van der Waals surface area contributed by atoms with E-state index in [1.54, 1.807) is 11.8 Å². The van der Waals surface area contributed by atoms with E-state index in [0.29, 0.717) is 38.1 Å². The minimum atomic E-state index is -0.737. The van der Waals surface area contributed by atoms with Gasteiger partial charge in [0.2, 0.25) is 5.91 Å². The molecule has 0 unspecified atom stereocenters. The number of nitrogens with one attached hydrogen (secondary N) is 2. The molecule has 10 heteroatoms. The lowest BCUT2D eigenvalue weighted by Crippen LogP contribution is -2.53. The third-order valence-electron chi connectivity index (χ3n) is 6.44. The standard InChI is InChI=1S/C23H41N5O5/c1-5-33-22(31)26-17(13-23(2,3)4)21(30)28-12-6-7-18(28)19(29)15-8-10-16(11-9-15)20(27-32)25-14-24/h15-18,32H,5-14,24H2,1-4H3,(H,25,27)(H,26,31)/t15?,16?,17-,18+/m1/s1. The Balaban J connectivity index is 2.07. The van der Waals surface area contributed by atoms with Crippen LogP contribution in [0, 0.1) is 17.3 Å². The van der Waals surface area contributed by atoms with Crippen LogP contribution in [0.1, 0.15) is 72.6 Å². The number of ether oxygens (including phenoxy) is 1. The molecular formula is C23H41N5O5. The van der Waals surface area contributed by atoms with E-state index < -0.39 is 18.2 Å². The Hall–Kier alpha value is -2.20. The minimum absolute atomic E-state index is 0.0499. The lowest BCUT2D eigenvalue weighted by Gasteiger charge is -2.34. The molecule has 2 atom stereocenters. The number of nitrogens with zero attached hydrogens (tertiary/aromatic N) is 2. The Morgan fingerprint density at radius 3 is 2.33 bits per heavy atom. The van der Waals surface area contributed by atoms with E-state index in [2.05, 4.69) is 15.8 Å². The van der Waals surface area contributed by atoms with Gasteiger partial charge < -0.3 is 20.7 Å². The molecule has 1 saturated carbocycles. The zero-order chi connectivity index (χ0) is 24.6. The van der Waals surface area contributed by atoms with Crippen molar-refractivity contribution in [2.24, 2.45) is 28.0 Å². The Morgan fingerprint density at radius 1 is 1.15 bits per heavy atom. The van der Waals surface area contributed by atoms with Gasteiger partial charge in [0.1, 0.15) is 11.9 Å². The monoisotopic (exact) mass is 467 g/mol. The Bertz CT molecular complexity index is 713. The van der Waals surface area contributed by atoms with Crippen LogP contribution < -0.4 is 16.5 Å². The van der Waals surface area contributed by atoms with Crippen molar-refractivity contribution < 1.29 is 24.3 Å². The van der Waals surface area contributed by atoms with Crippen LogP contribution in [0.4, 0.5) is 4.79 Å². The lowest BCUT2D eigenvalue weighted by atomic mass is 9.77. The van der Waals surface area contributed by atoms with Gasteiger partial charge in [0.25, 0.3) is 0 Å². The molecule has 0 bridgehead atoms. The fourth-order valence-corrected chi connectivity index (χ4v) is 4.93. The summed E-state index contributed by atoms with van der Waals surface area (Å²) in [5.74, 6) is 0.269. The normalized spacial score (nSPS) is 24.8. The van der Waals surface area contributed by atoms with Crippen LogP contribution in [0.25, 0.3) is 0 Å². The zero-order valence-corrected chi connectivity index (χ0v) is 20.4. The second kappa shape index (κ2) is 12.3. The van der Waals surface area contributed by atoms with Gasteiger partial charge in [-0.05, 0) is 57.3 Å². The van der Waals surface area contributed by atoms with Crippen molar-refractivity contribution in [2.75, 3.05) is 19.8 Å². The van der Waals surface area contributed by atoms with Gasteiger partial charge in [-0.3, -0.25) is 25.3 Å². The second-order valence-corrected chi connectivity index (χ2v) is 10.2. The first-order chi connectivity index (χ1) is 15.6. The summed E-state index contributed by atoms with van der Waals surface area (Å²) in [5.41, 5.74) is 7.40. The number of carbonyl (C=O) groups is 3.